The molecule has 0 spiro atoms. The van der Waals surface area contributed by atoms with Gasteiger partial charge in [0, 0.05) is 17.5 Å². The van der Waals surface area contributed by atoms with Crippen LogP contribution in [-0.4, -0.2) is 30.6 Å². The smallest absolute Gasteiger partial charge is 0.270 e. The molecule has 0 saturated heterocycles. The van der Waals surface area contributed by atoms with E-state index in [9.17, 15) is 4.79 Å². The minimum Gasteiger partial charge on any atom is -0.494 e. The van der Waals surface area contributed by atoms with Crippen LogP contribution < -0.4 is 15.8 Å². The third kappa shape index (κ3) is 4.54. The largest absolute Gasteiger partial charge is 0.494 e. The highest BCUT2D eigenvalue weighted by molar-refractivity contribution is 7.13. The normalized spacial score (nSPS) is 10.5. The van der Waals surface area contributed by atoms with Crippen LogP contribution in [0.25, 0.3) is 10.6 Å². The predicted molar refractivity (Wildman–Crippen MR) is 89.3 cm³/mol. The molecule has 1 aromatic carbocycles. The van der Waals surface area contributed by atoms with Crippen molar-refractivity contribution in [2.75, 3.05) is 19.7 Å². The lowest BCUT2D eigenvalue weighted by atomic mass is 10.2. The zero-order chi connectivity index (χ0) is 15.8. The first-order valence-electron chi connectivity index (χ1n) is 7.41. The molecule has 5 nitrogen and oxygen atoms in total. The molecule has 2 aromatic rings. The molecule has 6 heteroatoms. The van der Waals surface area contributed by atoms with Gasteiger partial charge in [-0.2, -0.15) is 0 Å². The summed E-state index contributed by atoms with van der Waals surface area (Å²) in [5.41, 5.74) is 6.86. The number of ether oxygens (including phenoxy) is 1. The fraction of sp³-hybridized carbons (Fsp3) is 0.375. The van der Waals surface area contributed by atoms with Gasteiger partial charge in [0.05, 0.1) is 6.61 Å². The Morgan fingerprint density at radius 1 is 1.32 bits per heavy atom. The standard InChI is InChI=1S/C16H21N3O2S/c1-2-21-13-7-5-12(6-8-13)16-19-14(11-22-16)15(20)18-10-4-3-9-17/h5-8,11H,2-4,9-10,17H2,1H3,(H,18,20). The topological polar surface area (TPSA) is 77.2 Å². The van der Waals surface area contributed by atoms with E-state index in [2.05, 4.69) is 10.3 Å². The summed E-state index contributed by atoms with van der Waals surface area (Å²) in [5, 5.41) is 5.46. The van der Waals surface area contributed by atoms with Crippen LogP contribution in [0.15, 0.2) is 29.6 Å². The van der Waals surface area contributed by atoms with E-state index >= 15 is 0 Å². The van der Waals surface area contributed by atoms with Crippen LogP contribution in [0.1, 0.15) is 30.3 Å². The summed E-state index contributed by atoms with van der Waals surface area (Å²) in [5.74, 6) is 0.700. The Morgan fingerprint density at radius 2 is 2.09 bits per heavy atom. The molecule has 0 bridgehead atoms. The Bertz CT molecular complexity index is 596. The summed E-state index contributed by atoms with van der Waals surface area (Å²) in [4.78, 5) is 16.4. The Kier molecular flexibility index (Phi) is 6.36. The van der Waals surface area contributed by atoms with Gasteiger partial charge < -0.3 is 15.8 Å². The number of rotatable bonds is 8. The van der Waals surface area contributed by atoms with Gasteiger partial charge in [-0.25, -0.2) is 4.98 Å². The number of benzene rings is 1. The van der Waals surface area contributed by atoms with Crippen molar-refractivity contribution in [2.45, 2.75) is 19.8 Å². The van der Waals surface area contributed by atoms with Crippen molar-refractivity contribution in [3.8, 4) is 16.3 Å². The van der Waals surface area contributed by atoms with Crippen molar-refractivity contribution in [2.24, 2.45) is 5.73 Å². The Labute approximate surface area is 134 Å². The van der Waals surface area contributed by atoms with Crippen LogP contribution in [0, 0.1) is 0 Å². The van der Waals surface area contributed by atoms with E-state index in [1.165, 1.54) is 11.3 Å². The molecule has 0 saturated carbocycles. The molecule has 0 aliphatic rings. The van der Waals surface area contributed by atoms with Gasteiger partial charge >= 0.3 is 0 Å². The van der Waals surface area contributed by atoms with Gasteiger partial charge in [0.15, 0.2) is 0 Å². The Morgan fingerprint density at radius 3 is 2.77 bits per heavy atom. The molecule has 0 aliphatic heterocycles. The summed E-state index contributed by atoms with van der Waals surface area (Å²) >= 11 is 1.46. The van der Waals surface area contributed by atoms with Crippen molar-refractivity contribution in [1.29, 1.82) is 0 Å². The van der Waals surface area contributed by atoms with Gasteiger partial charge in [0.1, 0.15) is 16.5 Å². The summed E-state index contributed by atoms with van der Waals surface area (Å²) in [7, 11) is 0. The molecule has 0 radical (unpaired) electrons. The van der Waals surface area contributed by atoms with E-state index in [4.69, 9.17) is 10.5 Å². The number of unbranched alkanes of at least 4 members (excludes halogenated alkanes) is 1. The number of nitrogens with two attached hydrogens (primary N) is 1. The average molecular weight is 319 g/mol. The second-order valence-electron chi connectivity index (χ2n) is 4.75. The maximum absolute atomic E-state index is 12.0. The van der Waals surface area contributed by atoms with Crippen molar-refractivity contribution >= 4 is 17.2 Å². The highest BCUT2D eigenvalue weighted by Gasteiger charge is 2.11. The molecule has 0 unspecified atom stereocenters. The number of hydrogen-bond acceptors (Lipinski definition) is 5. The lowest BCUT2D eigenvalue weighted by Gasteiger charge is -2.03. The third-order valence-corrected chi connectivity index (χ3v) is 3.96. The van der Waals surface area contributed by atoms with Crippen LogP contribution in [0.4, 0.5) is 0 Å². The average Bonchev–Trinajstić information content (AvgIpc) is 3.02. The van der Waals surface area contributed by atoms with Crippen molar-refractivity contribution in [1.82, 2.24) is 10.3 Å². The van der Waals surface area contributed by atoms with Crippen LogP contribution in [0.3, 0.4) is 0 Å². The van der Waals surface area contributed by atoms with Gasteiger partial charge in [-0.1, -0.05) is 0 Å². The first-order chi connectivity index (χ1) is 10.7. The quantitative estimate of drug-likeness (QED) is 0.733. The number of nitrogens with one attached hydrogen (secondary N) is 1. The van der Waals surface area contributed by atoms with E-state index in [0.717, 1.165) is 29.2 Å². The fourth-order valence-corrected chi connectivity index (χ4v) is 2.74. The monoisotopic (exact) mass is 319 g/mol. The van der Waals surface area contributed by atoms with Crippen molar-refractivity contribution in [3.05, 3.63) is 35.3 Å². The summed E-state index contributed by atoms with van der Waals surface area (Å²) in [6, 6.07) is 7.72. The van der Waals surface area contributed by atoms with E-state index in [-0.39, 0.29) is 5.91 Å². The van der Waals surface area contributed by atoms with Gasteiger partial charge in [-0.15, -0.1) is 11.3 Å². The highest BCUT2D eigenvalue weighted by atomic mass is 32.1. The molecule has 1 amide bonds. The van der Waals surface area contributed by atoms with Crippen molar-refractivity contribution < 1.29 is 9.53 Å². The highest BCUT2D eigenvalue weighted by Crippen LogP contribution is 2.25. The maximum Gasteiger partial charge on any atom is 0.270 e. The van der Waals surface area contributed by atoms with E-state index in [0.29, 0.717) is 25.4 Å². The maximum atomic E-state index is 12.0. The lowest BCUT2D eigenvalue weighted by molar-refractivity contribution is 0.0949. The fourth-order valence-electron chi connectivity index (χ4n) is 1.93. The molecule has 0 atom stereocenters. The summed E-state index contributed by atoms with van der Waals surface area (Å²) in [6.45, 7) is 3.87. The number of carbonyl (C=O) groups excluding carboxylic acids is 1. The summed E-state index contributed by atoms with van der Waals surface area (Å²) < 4.78 is 5.41. The molecule has 1 aromatic heterocycles. The number of hydrogen-bond donors (Lipinski definition) is 2. The zero-order valence-electron chi connectivity index (χ0n) is 12.7. The van der Waals surface area contributed by atoms with Crippen LogP contribution in [-0.2, 0) is 0 Å². The molecule has 118 valence electrons. The molecule has 3 N–H and O–H groups in total. The molecular formula is C16H21N3O2S. The molecule has 2 rings (SSSR count). The van der Waals surface area contributed by atoms with Gasteiger partial charge in [0.25, 0.3) is 5.91 Å². The van der Waals surface area contributed by atoms with E-state index in [1.54, 1.807) is 5.38 Å². The first kappa shape index (κ1) is 16.5. The van der Waals surface area contributed by atoms with Crippen molar-refractivity contribution in [3.63, 3.8) is 0 Å². The Balaban J connectivity index is 1.96. The lowest BCUT2D eigenvalue weighted by Crippen LogP contribution is -2.25. The minimum atomic E-state index is -0.134. The molecule has 22 heavy (non-hydrogen) atoms. The number of aromatic nitrogens is 1. The molecule has 0 aliphatic carbocycles. The molecule has 1 heterocycles. The number of thiazole rings is 1. The Hall–Kier alpha value is -1.92. The second-order valence-corrected chi connectivity index (χ2v) is 5.61. The SMILES string of the molecule is CCOc1ccc(-c2nc(C(=O)NCCCCN)cs2)cc1. The van der Waals surface area contributed by atoms with Gasteiger partial charge in [-0.05, 0) is 50.6 Å². The summed E-state index contributed by atoms with van der Waals surface area (Å²) in [6.07, 6.45) is 1.80. The van der Waals surface area contributed by atoms with Crippen LogP contribution >= 0.6 is 11.3 Å². The number of carbonyl (C=O) groups is 1. The second kappa shape index (κ2) is 8.51. The first-order valence-corrected chi connectivity index (χ1v) is 8.29. The number of nitrogens with zero attached hydrogens (tertiary/aromatic N) is 1. The van der Waals surface area contributed by atoms with Gasteiger partial charge in [0.2, 0.25) is 0 Å². The molecule has 0 fully saturated rings. The van der Waals surface area contributed by atoms with Gasteiger partial charge in [-0.3, -0.25) is 4.79 Å². The molecular weight excluding hydrogens is 298 g/mol. The third-order valence-electron chi connectivity index (χ3n) is 3.07. The van der Waals surface area contributed by atoms with E-state index < -0.39 is 0 Å². The van der Waals surface area contributed by atoms with E-state index in [1.807, 2.05) is 31.2 Å². The van der Waals surface area contributed by atoms with Crippen LogP contribution in [0.2, 0.25) is 0 Å². The minimum absolute atomic E-state index is 0.134. The van der Waals surface area contributed by atoms with Crippen LogP contribution in [0.5, 0.6) is 5.75 Å². The zero-order valence-corrected chi connectivity index (χ0v) is 13.5. The number of amides is 1. The predicted octanol–water partition coefficient (Wildman–Crippen LogP) is 2.68.